The molecule has 0 saturated heterocycles. The molecule has 0 radical (unpaired) electrons. The SMILES string of the molecule is CC(C)(CCCO)CNC(=O)c1cnccn1. The Morgan fingerprint density at radius 3 is 2.82 bits per heavy atom. The van der Waals surface area contributed by atoms with Gasteiger partial charge in [-0.2, -0.15) is 0 Å². The van der Waals surface area contributed by atoms with Crippen LogP contribution in [0.5, 0.6) is 0 Å². The topological polar surface area (TPSA) is 75.1 Å². The minimum Gasteiger partial charge on any atom is -0.396 e. The van der Waals surface area contributed by atoms with Gasteiger partial charge in [0.1, 0.15) is 5.69 Å². The van der Waals surface area contributed by atoms with E-state index in [0.717, 1.165) is 12.8 Å². The van der Waals surface area contributed by atoms with E-state index in [0.29, 0.717) is 12.2 Å². The number of carbonyl (C=O) groups excluding carboxylic acids is 1. The molecule has 0 spiro atoms. The number of hydrogen-bond acceptors (Lipinski definition) is 4. The molecule has 0 fully saturated rings. The normalized spacial score (nSPS) is 11.2. The van der Waals surface area contributed by atoms with Gasteiger partial charge in [0.05, 0.1) is 6.20 Å². The molecule has 0 saturated carbocycles. The summed E-state index contributed by atoms with van der Waals surface area (Å²) in [7, 11) is 0. The van der Waals surface area contributed by atoms with E-state index in [1.54, 1.807) is 0 Å². The van der Waals surface area contributed by atoms with Crippen LogP contribution in [0.15, 0.2) is 18.6 Å². The molecule has 1 amide bonds. The summed E-state index contributed by atoms with van der Waals surface area (Å²) in [5.74, 6) is -0.213. The van der Waals surface area contributed by atoms with E-state index >= 15 is 0 Å². The van der Waals surface area contributed by atoms with Gasteiger partial charge >= 0.3 is 0 Å². The van der Waals surface area contributed by atoms with E-state index in [9.17, 15) is 4.79 Å². The fourth-order valence-corrected chi connectivity index (χ4v) is 1.47. The van der Waals surface area contributed by atoms with Crippen LogP contribution in [0.1, 0.15) is 37.2 Å². The fourth-order valence-electron chi connectivity index (χ4n) is 1.47. The van der Waals surface area contributed by atoms with Gasteiger partial charge in [0.25, 0.3) is 5.91 Å². The quantitative estimate of drug-likeness (QED) is 0.774. The molecule has 94 valence electrons. The van der Waals surface area contributed by atoms with Gasteiger partial charge in [0.15, 0.2) is 0 Å². The Morgan fingerprint density at radius 2 is 2.24 bits per heavy atom. The minimum absolute atomic E-state index is 0.0272. The maximum atomic E-state index is 11.7. The van der Waals surface area contributed by atoms with Crippen molar-refractivity contribution in [1.29, 1.82) is 0 Å². The Morgan fingerprint density at radius 1 is 1.47 bits per heavy atom. The highest BCUT2D eigenvalue weighted by Crippen LogP contribution is 2.20. The lowest BCUT2D eigenvalue weighted by molar-refractivity contribution is 0.0927. The summed E-state index contributed by atoms with van der Waals surface area (Å²) in [5, 5.41) is 11.6. The lowest BCUT2D eigenvalue weighted by Crippen LogP contribution is -2.34. The third-order valence-electron chi connectivity index (χ3n) is 2.53. The zero-order valence-electron chi connectivity index (χ0n) is 10.3. The maximum absolute atomic E-state index is 11.7. The zero-order valence-corrected chi connectivity index (χ0v) is 10.3. The van der Waals surface area contributed by atoms with Crippen molar-refractivity contribution >= 4 is 5.91 Å². The second-order valence-corrected chi connectivity index (χ2v) is 4.76. The molecular formula is C12H19N3O2. The number of aliphatic hydroxyl groups excluding tert-OH is 1. The summed E-state index contributed by atoms with van der Waals surface area (Å²) < 4.78 is 0. The predicted molar refractivity (Wildman–Crippen MR) is 64.5 cm³/mol. The van der Waals surface area contributed by atoms with Gasteiger partial charge in [-0.3, -0.25) is 9.78 Å². The summed E-state index contributed by atoms with van der Waals surface area (Å²) in [6, 6.07) is 0. The minimum atomic E-state index is -0.213. The van der Waals surface area contributed by atoms with Gasteiger partial charge in [-0.1, -0.05) is 13.8 Å². The highest BCUT2D eigenvalue weighted by Gasteiger charge is 2.19. The average Bonchev–Trinajstić information content (AvgIpc) is 2.35. The number of aromatic nitrogens is 2. The molecule has 0 aliphatic carbocycles. The maximum Gasteiger partial charge on any atom is 0.271 e. The summed E-state index contributed by atoms with van der Waals surface area (Å²) in [6.45, 7) is 4.85. The first kappa shape index (κ1) is 13.6. The molecule has 1 rings (SSSR count). The molecule has 1 heterocycles. The molecule has 2 N–H and O–H groups in total. The van der Waals surface area contributed by atoms with Gasteiger partial charge in [0.2, 0.25) is 0 Å². The third kappa shape index (κ3) is 4.91. The summed E-state index contributed by atoms with van der Waals surface area (Å²) in [6.07, 6.45) is 6.07. The standard InChI is InChI=1S/C12H19N3O2/c1-12(2,4-3-7-16)9-15-11(17)10-8-13-5-6-14-10/h5-6,8,16H,3-4,7,9H2,1-2H3,(H,15,17). The van der Waals surface area contributed by atoms with Crippen molar-refractivity contribution in [2.45, 2.75) is 26.7 Å². The summed E-state index contributed by atoms with van der Waals surface area (Å²) in [4.78, 5) is 19.5. The van der Waals surface area contributed by atoms with Crippen molar-refractivity contribution < 1.29 is 9.90 Å². The Kier molecular flexibility index (Phi) is 5.03. The zero-order chi connectivity index (χ0) is 12.7. The van der Waals surface area contributed by atoms with E-state index in [1.165, 1.54) is 18.6 Å². The first-order valence-electron chi connectivity index (χ1n) is 5.70. The van der Waals surface area contributed by atoms with E-state index in [4.69, 9.17) is 5.11 Å². The van der Waals surface area contributed by atoms with Crippen LogP contribution in [0, 0.1) is 5.41 Å². The van der Waals surface area contributed by atoms with Crippen molar-refractivity contribution in [3.8, 4) is 0 Å². The monoisotopic (exact) mass is 237 g/mol. The summed E-state index contributed by atoms with van der Waals surface area (Å²) >= 11 is 0. The van der Waals surface area contributed by atoms with Crippen LogP contribution < -0.4 is 5.32 Å². The van der Waals surface area contributed by atoms with Crippen molar-refractivity contribution in [3.63, 3.8) is 0 Å². The molecule has 5 nitrogen and oxygen atoms in total. The molecular weight excluding hydrogens is 218 g/mol. The molecule has 0 bridgehead atoms. The second-order valence-electron chi connectivity index (χ2n) is 4.76. The van der Waals surface area contributed by atoms with Crippen molar-refractivity contribution in [2.75, 3.05) is 13.2 Å². The van der Waals surface area contributed by atoms with Crippen molar-refractivity contribution in [2.24, 2.45) is 5.41 Å². The summed E-state index contributed by atoms with van der Waals surface area (Å²) in [5.41, 5.74) is 0.297. The highest BCUT2D eigenvalue weighted by atomic mass is 16.2. The van der Waals surface area contributed by atoms with Gasteiger partial charge in [-0.05, 0) is 18.3 Å². The average molecular weight is 237 g/mol. The van der Waals surface area contributed by atoms with Crippen molar-refractivity contribution in [3.05, 3.63) is 24.3 Å². The fraction of sp³-hybridized carbons (Fsp3) is 0.583. The Hall–Kier alpha value is -1.49. The Bertz CT molecular complexity index is 352. The Balaban J connectivity index is 2.43. The first-order chi connectivity index (χ1) is 8.05. The van der Waals surface area contributed by atoms with E-state index in [-0.39, 0.29) is 17.9 Å². The highest BCUT2D eigenvalue weighted by molar-refractivity contribution is 5.91. The van der Waals surface area contributed by atoms with Crippen LogP contribution in [-0.2, 0) is 0 Å². The van der Waals surface area contributed by atoms with Crippen LogP contribution in [-0.4, -0.2) is 34.1 Å². The number of aliphatic hydroxyl groups is 1. The first-order valence-corrected chi connectivity index (χ1v) is 5.70. The van der Waals surface area contributed by atoms with Crippen LogP contribution in [0.4, 0.5) is 0 Å². The number of carbonyl (C=O) groups is 1. The third-order valence-corrected chi connectivity index (χ3v) is 2.53. The van der Waals surface area contributed by atoms with Crippen LogP contribution in [0.3, 0.4) is 0 Å². The van der Waals surface area contributed by atoms with E-state index in [2.05, 4.69) is 29.1 Å². The largest absolute Gasteiger partial charge is 0.396 e. The number of nitrogens with one attached hydrogen (secondary N) is 1. The lowest BCUT2D eigenvalue weighted by Gasteiger charge is -2.24. The van der Waals surface area contributed by atoms with Gasteiger partial charge < -0.3 is 10.4 Å². The van der Waals surface area contributed by atoms with E-state index < -0.39 is 0 Å². The number of hydrogen-bond donors (Lipinski definition) is 2. The number of rotatable bonds is 6. The predicted octanol–water partition coefficient (Wildman–Crippen LogP) is 1.01. The molecule has 1 aromatic heterocycles. The molecule has 0 atom stereocenters. The lowest BCUT2D eigenvalue weighted by atomic mass is 9.88. The Labute approximate surface area is 101 Å². The molecule has 0 aliphatic heterocycles. The van der Waals surface area contributed by atoms with E-state index in [1.807, 2.05) is 0 Å². The molecule has 5 heteroatoms. The van der Waals surface area contributed by atoms with Crippen LogP contribution in [0.2, 0.25) is 0 Å². The van der Waals surface area contributed by atoms with Gasteiger partial charge in [-0.15, -0.1) is 0 Å². The number of nitrogens with zero attached hydrogens (tertiary/aromatic N) is 2. The van der Waals surface area contributed by atoms with Crippen molar-refractivity contribution in [1.82, 2.24) is 15.3 Å². The van der Waals surface area contributed by atoms with Crippen LogP contribution >= 0.6 is 0 Å². The van der Waals surface area contributed by atoms with Gasteiger partial charge in [0, 0.05) is 25.5 Å². The molecule has 17 heavy (non-hydrogen) atoms. The van der Waals surface area contributed by atoms with Gasteiger partial charge in [-0.25, -0.2) is 4.98 Å². The number of amides is 1. The smallest absolute Gasteiger partial charge is 0.271 e. The molecule has 1 aromatic rings. The molecule has 0 unspecified atom stereocenters. The molecule has 0 aliphatic rings. The van der Waals surface area contributed by atoms with Crippen LogP contribution in [0.25, 0.3) is 0 Å². The molecule has 0 aromatic carbocycles. The second kappa shape index (κ2) is 6.30.